The highest BCUT2D eigenvalue weighted by Crippen LogP contribution is 2.48. The Labute approximate surface area is 119 Å². The van der Waals surface area contributed by atoms with Crippen LogP contribution < -0.4 is 15.2 Å². The van der Waals surface area contributed by atoms with Gasteiger partial charge in [-0.05, 0) is 34.6 Å². The molecule has 1 aliphatic heterocycles. The summed E-state index contributed by atoms with van der Waals surface area (Å²) in [5, 5.41) is 0. The first-order chi connectivity index (χ1) is 9.18. The van der Waals surface area contributed by atoms with Crippen molar-refractivity contribution in [3.8, 4) is 11.5 Å². The number of halogens is 5. The topological polar surface area (TPSA) is 61.6 Å². The van der Waals surface area contributed by atoms with Gasteiger partial charge in [-0.25, -0.2) is 0 Å². The zero-order valence-corrected chi connectivity index (χ0v) is 11.3. The van der Waals surface area contributed by atoms with Crippen molar-refractivity contribution in [1.29, 1.82) is 0 Å². The van der Waals surface area contributed by atoms with Crippen molar-refractivity contribution in [2.24, 2.45) is 5.73 Å². The fourth-order valence-electron chi connectivity index (χ4n) is 1.57. The number of hydrogen-bond acceptors (Lipinski definition) is 4. The van der Waals surface area contributed by atoms with E-state index in [2.05, 4.69) is 25.4 Å². The van der Waals surface area contributed by atoms with E-state index < -0.39 is 29.5 Å². The first kappa shape index (κ1) is 15.0. The molecule has 0 radical (unpaired) electrons. The number of Topliss-reactive ketones (excluding diaryl/α,β-unsaturated/α-hetero) is 1. The molecule has 0 aromatic heterocycles. The Balaban J connectivity index is 2.45. The van der Waals surface area contributed by atoms with Crippen LogP contribution in [0.15, 0.2) is 16.6 Å². The van der Waals surface area contributed by atoms with Gasteiger partial charge in [0.15, 0.2) is 17.3 Å². The van der Waals surface area contributed by atoms with E-state index in [1.807, 2.05) is 0 Å². The largest absolute Gasteiger partial charge is 0.507 e. The number of nitrogens with two attached hydrogens (primary N) is 1. The van der Waals surface area contributed by atoms with Crippen LogP contribution >= 0.6 is 15.9 Å². The monoisotopic (exact) mass is 357 g/mol. The standard InChI is InChI=1S/C11H8BrF4NO3/c12-6-4-9-8(3-5(6)7(18)1-2-17)19-10(13,14)11(15,16)20-9/h3-4H,1-2,17H2. The van der Waals surface area contributed by atoms with Gasteiger partial charge in [-0.2, -0.15) is 17.6 Å². The smallest absolute Gasteiger partial charge is 0.421 e. The van der Waals surface area contributed by atoms with Crippen LogP contribution in [0.25, 0.3) is 0 Å². The zero-order chi connectivity index (χ0) is 15.1. The van der Waals surface area contributed by atoms with Gasteiger partial charge in [0.2, 0.25) is 0 Å². The molecular formula is C11H8BrF4NO3. The number of alkyl halides is 4. The van der Waals surface area contributed by atoms with Crippen molar-refractivity contribution >= 4 is 21.7 Å². The predicted octanol–water partition coefficient (Wildman–Crippen LogP) is 2.94. The Bertz CT molecular complexity index is 565. The molecule has 20 heavy (non-hydrogen) atoms. The number of rotatable bonds is 3. The summed E-state index contributed by atoms with van der Waals surface area (Å²) < 4.78 is 60.0. The molecule has 9 heteroatoms. The molecule has 0 spiro atoms. The second-order valence-electron chi connectivity index (χ2n) is 3.98. The van der Waals surface area contributed by atoms with Gasteiger partial charge in [-0.15, -0.1) is 0 Å². The Morgan fingerprint density at radius 1 is 1.15 bits per heavy atom. The lowest BCUT2D eigenvalue weighted by molar-refractivity contribution is -0.391. The Morgan fingerprint density at radius 3 is 2.15 bits per heavy atom. The van der Waals surface area contributed by atoms with E-state index in [1.165, 1.54) is 0 Å². The van der Waals surface area contributed by atoms with Crippen molar-refractivity contribution in [1.82, 2.24) is 0 Å². The molecule has 0 saturated carbocycles. The molecule has 0 saturated heterocycles. The minimum atomic E-state index is -4.82. The van der Waals surface area contributed by atoms with E-state index >= 15 is 0 Å². The number of ether oxygens (including phenoxy) is 2. The summed E-state index contributed by atoms with van der Waals surface area (Å²) in [6.45, 7) is 0.0634. The normalized spacial score (nSPS) is 18.7. The third kappa shape index (κ3) is 2.47. The quantitative estimate of drug-likeness (QED) is 0.667. The van der Waals surface area contributed by atoms with Gasteiger partial charge in [0.1, 0.15) is 0 Å². The van der Waals surface area contributed by atoms with Gasteiger partial charge in [0.05, 0.1) is 0 Å². The molecule has 4 nitrogen and oxygen atoms in total. The van der Waals surface area contributed by atoms with Gasteiger partial charge in [0, 0.05) is 16.5 Å². The first-order valence-electron chi connectivity index (χ1n) is 5.38. The summed E-state index contributed by atoms with van der Waals surface area (Å²) in [6.07, 6.45) is -9.63. The highest BCUT2D eigenvalue weighted by molar-refractivity contribution is 9.10. The number of hydrogen-bond donors (Lipinski definition) is 1. The highest BCUT2D eigenvalue weighted by Gasteiger charge is 2.66. The van der Waals surface area contributed by atoms with Crippen molar-refractivity contribution < 1.29 is 31.8 Å². The van der Waals surface area contributed by atoms with Crippen molar-refractivity contribution in [3.63, 3.8) is 0 Å². The zero-order valence-electron chi connectivity index (χ0n) is 9.76. The lowest BCUT2D eigenvalue weighted by atomic mass is 10.1. The first-order valence-corrected chi connectivity index (χ1v) is 6.18. The maximum atomic E-state index is 13.0. The second kappa shape index (κ2) is 4.88. The van der Waals surface area contributed by atoms with E-state index in [9.17, 15) is 22.4 Å². The maximum absolute atomic E-state index is 13.0. The van der Waals surface area contributed by atoms with E-state index in [4.69, 9.17) is 5.73 Å². The van der Waals surface area contributed by atoms with Crippen LogP contribution in [0.5, 0.6) is 11.5 Å². The van der Waals surface area contributed by atoms with E-state index in [0.717, 1.165) is 12.1 Å². The molecule has 2 rings (SSSR count). The van der Waals surface area contributed by atoms with Crippen LogP contribution in [0.2, 0.25) is 0 Å². The molecule has 1 aromatic carbocycles. The van der Waals surface area contributed by atoms with Crippen LogP contribution in [0.3, 0.4) is 0 Å². The van der Waals surface area contributed by atoms with Gasteiger partial charge in [-0.3, -0.25) is 4.79 Å². The second-order valence-corrected chi connectivity index (χ2v) is 4.83. The maximum Gasteiger partial charge on any atom is 0.507 e. The van der Waals surface area contributed by atoms with Crippen LogP contribution in [0.1, 0.15) is 16.8 Å². The highest BCUT2D eigenvalue weighted by atomic mass is 79.9. The Kier molecular flexibility index (Phi) is 3.67. The van der Waals surface area contributed by atoms with Crippen LogP contribution in [0, 0.1) is 0 Å². The van der Waals surface area contributed by atoms with Crippen LogP contribution in [0.4, 0.5) is 17.6 Å². The predicted molar refractivity (Wildman–Crippen MR) is 63.3 cm³/mol. The summed E-state index contributed by atoms with van der Waals surface area (Å²) in [5.74, 6) is -1.66. The van der Waals surface area contributed by atoms with Gasteiger partial charge >= 0.3 is 12.2 Å². The number of carbonyl (C=O) groups excluding carboxylic acids is 1. The van der Waals surface area contributed by atoms with Crippen LogP contribution in [-0.4, -0.2) is 24.5 Å². The number of benzene rings is 1. The summed E-state index contributed by atoms with van der Waals surface area (Å²) in [6, 6.07) is 1.89. The third-order valence-corrected chi connectivity index (χ3v) is 3.18. The lowest BCUT2D eigenvalue weighted by Gasteiger charge is -2.32. The molecule has 0 amide bonds. The molecule has 0 fully saturated rings. The summed E-state index contributed by atoms with van der Waals surface area (Å²) in [5.41, 5.74) is 5.22. The fourth-order valence-corrected chi connectivity index (χ4v) is 2.11. The summed E-state index contributed by atoms with van der Waals surface area (Å²) in [4.78, 5) is 11.7. The Morgan fingerprint density at radius 2 is 1.65 bits per heavy atom. The van der Waals surface area contributed by atoms with E-state index in [-0.39, 0.29) is 23.0 Å². The minimum Gasteiger partial charge on any atom is -0.421 e. The van der Waals surface area contributed by atoms with Crippen LogP contribution in [-0.2, 0) is 0 Å². The van der Waals surface area contributed by atoms with E-state index in [1.54, 1.807) is 0 Å². The summed E-state index contributed by atoms with van der Waals surface area (Å²) >= 11 is 2.98. The average Bonchev–Trinajstić information content (AvgIpc) is 2.30. The third-order valence-electron chi connectivity index (χ3n) is 2.52. The number of ketones is 1. The molecule has 110 valence electrons. The average molecular weight is 358 g/mol. The SMILES string of the molecule is NCCC(=O)c1cc2c(cc1Br)OC(F)(F)C(F)(F)O2. The summed E-state index contributed by atoms with van der Waals surface area (Å²) in [7, 11) is 0. The van der Waals surface area contributed by atoms with E-state index in [0.29, 0.717) is 0 Å². The minimum absolute atomic E-state index is 0.00110. The molecule has 0 unspecified atom stereocenters. The lowest BCUT2D eigenvalue weighted by Crippen LogP contribution is -2.52. The fraction of sp³-hybridized carbons (Fsp3) is 0.364. The number of fused-ring (bicyclic) bond motifs is 1. The van der Waals surface area contributed by atoms with Crippen molar-refractivity contribution in [2.75, 3.05) is 6.54 Å². The Hall–Kier alpha value is -1.35. The molecule has 0 aliphatic carbocycles. The molecule has 1 heterocycles. The molecule has 2 N–H and O–H groups in total. The van der Waals surface area contributed by atoms with Crippen molar-refractivity contribution in [2.45, 2.75) is 18.6 Å². The number of carbonyl (C=O) groups is 1. The van der Waals surface area contributed by atoms with Gasteiger partial charge < -0.3 is 15.2 Å². The molecule has 0 atom stereocenters. The van der Waals surface area contributed by atoms with Gasteiger partial charge in [0.25, 0.3) is 0 Å². The molecule has 0 bridgehead atoms. The van der Waals surface area contributed by atoms with Crippen molar-refractivity contribution in [3.05, 3.63) is 22.2 Å². The molecule has 1 aromatic rings. The molecular weight excluding hydrogens is 350 g/mol. The van der Waals surface area contributed by atoms with Gasteiger partial charge in [-0.1, -0.05) is 0 Å². The molecule has 1 aliphatic rings.